The van der Waals surface area contributed by atoms with Crippen LogP contribution in [0.2, 0.25) is 0 Å². The third kappa shape index (κ3) is 7.98. The molecule has 0 unspecified atom stereocenters. The van der Waals surface area contributed by atoms with E-state index in [4.69, 9.17) is 0 Å². The second kappa shape index (κ2) is 16.0. The van der Waals surface area contributed by atoms with E-state index in [1.807, 2.05) is 58.1 Å². The van der Waals surface area contributed by atoms with Crippen LogP contribution in [0.5, 0.6) is 0 Å². The van der Waals surface area contributed by atoms with E-state index < -0.39 is 0 Å². The molecule has 42 heavy (non-hydrogen) atoms. The van der Waals surface area contributed by atoms with Crippen LogP contribution in [0, 0.1) is 13.8 Å². The van der Waals surface area contributed by atoms with Gasteiger partial charge in [-0.3, -0.25) is 0 Å². The Kier molecular flexibility index (Phi) is 12.1. The van der Waals surface area contributed by atoms with Crippen LogP contribution in [0.4, 0.5) is 0 Å². The molecule has 0 spiro atoms. The first-order valence-electron chi connectivity index (χ1n) is 14.7. The van der Waals surface area contributed by atoms with Crippen molar-refractivity contribution in [2.75, 3.05) is 0 Å². The summed E-state index contributed by atoms with van der Waals surface area (Å²) < 4.78 is 2.38. The second-order valence-corrected chi connectivity index (χ2v) is 10.5. The van der Waals surface area contributed by atoms with Crippen molar-refractivity contribution in [3.63, 3.8) is 0 Å². The summed E-state index contributed by atoms with van der Waals surface area (Å²) in [5, 5.41) is 2.62. The van der Waals surface area contributed by atoms with E-state index in [-0.39, 0.29) is 0 Å². The molecule has 0 N–H and O–H groups in total. The van der Waals surface area contributed by atoms with Gasteiger partial charge < -0.3 is 4.57 Å². The summed E-state index contributed by atoms with van der Waals surface area (Å²) in [4.78, 5) is 0. The highest BCUT2D eigenvalue weighted by atomic mass is 15.0. The summed E-state index contributed by atoms with van der Waals surface area (Å²) in [6.07, 6.45) is 16.1. The monoisotopic (exact) mass is 551 g/mol. The lowest BCUT2D eigenvalue weighted by molar-refractivity contribution is 1.18. The molecule has 0 atom stereocenters. The Hall–Kier alpha value is -4.62. The second-order valence-electron chi connectivity index (χ2n) is 10.5. The minimum absolute atomic E-state index is 1.19. The number of benzene rings is 4. The van der Waals surface area contributed by atoms with Gasteiger partial charge in [0, 0.05) is 16.5 Å². The molecular weight excluding hydrogens is 506 g/mol. The normalized spacial score (nSPS) is 11.0. The molecular formula is C41H45N. The maximum atomic E-state index is 3.52. The fourth-order valence-electron chi connectivity index (χ4n) is 4.86. The Balaban J connectivity index is 0.000000342. The first-order chi connectivity index (χ1) is 20.4. The van der Waals surface area contributed by atoms with Gasteiger partial charge in [-0.05, 0) is 101 Å². The highest BCUT2D eigenvalue weighted by Crippen LogP contribution is 2.38. The van der Waals surface area contributed by atoms with Crippen LogP contribution < -0.4 is 0 Å². The van der Waals surface area contributed by atoms with Gasteiger partial charge in [-0.25, -0.2) is 0 Å². The summed E-state index contributed by atoms with van der Waals surface area (Å²) in [5.74, 6) is 0. The Bertz CT molecular complexity index is 1710. The lowest BCUT2D eigenvalue weighted by Crippen LogP contribution is -1.93. The standard InChI is InChI=1S/C29H25N.2C6H10/c1-4-8-25-21(3)13-17-28-29(25)26-19-23(22-14-11-20(2)12-15-22)16-18-27(26)30(28)24-9-6-5-7-10-24;1-4-5-6(2)3;1-3-5-6-4-2/h4-19H,1-3H3;4-5H,1H2,2-3H3;3-6H,1-2H3/b8-4-;;5-3-,6-4+. The van der Waals surface area contributed by atoms with E-state index in [1.54, 1.807) is 6.08 Å². The highest BCUT2D eigenvalue weighted by molar-refractivity contribution is 6.14. The van der Waals surface area contributed by atoms with Crippen molar-refractivity contribution in [2.45, 2.75) is 48.5 Å². The molecule has 1 nitrogen and oxygen atoms in total. The number of allylic oxidation sites excluding steroid dienone is 8. The third-order valence-electron chi connectivity index (χ3n) is 6.87. The van der Waals surface area contributed by atoms with E-state index >= 15 is 0 Å². The summed E-state index contributed by atoms with van der Waals surface area (Å²) >= 11 is 0. The molecule has 4 aromatic carbocycles. The number of aromatic nitrogens is 1. The molecule has 0 fully saturated rings. The first kappa shape index (κ1) is 31.9. The Morgan fingerprint density at radius 2 is 1.31 bits per heavy atom. The number of para-hydroxylation sites is 1. The number of hydrogen-bond donors (Lipinski definition) is 0. The third-order valence-corrected chi connectivity index (χ3v) is 6.87. The molecule has 0 amide bonds. The largest absolute Gasteiger partial charge is 0.309 e. The zero-order valence-corrected chi connectivity index (χ0v) is 26.4. The van der Waals surface area contributed by atoms with Crippen LogP contribution >= 0.6 is 0 Å². The van der Waals surface area contributed by atoms with Crippen molar-refractivity contribution in [1.82, 2.24) is 4.57 Å². The number of nitrogens with zero attached hydrogens (tertiary/aromatic N) is 1. The number of fused-ring (bicyclic) bond motifs is 3. The van der Waals surface area contributed by atoms with Gasteiger partial charge in [0.05, 0.1) is 11.0 Å². The maximum absolute atomic E-state index is 3.52. The summed E-state index contributed by atoms with van der Waals surface area (Å²) in [7, 11) is 0. The number of rotatable bonds is 5. The van der Waals surface area contributed by atoms with Gasteiger partial charge in [0.1, 0.15) is 0 Å². The van der Waals surface area contributed by atoms with E-state index in [2.05, 4.69) is 129 Å². The van der Waals surface area contributed by atoms with E-state index in [1.165, 1.54) is 60.9 Å². The van der Waals surface area contributed by atoms with Crippen LogP contribution in [0.1, 0.15) is 51.3 Å². The van der Waals surface area contributed by atoms with Crippen LogP contribution in [0.3, 0.4) is 0 Å². The Morgan fingerprint density at radius 3 is 1.86 bits per heavy atom. The molecule has 0 saturated carbocycles. The molecule has 0 bridgehead atoms. The van der Waals surface area contributed by atoms with Crippen molar-refractivity contribution in [3.05, 3.63) is 156 Å². The smallest absolute Gasteiger partial charge is 0.0547 e. The zero-order chi connectivity index (χ0) is 30.5. The average molecular weight is 552 g/mol. The average Bonchev–Trinajstić information content (AvgIpc) is 3.33. The molecule has 0 aliphatic carbocycles. The Labute approximate surface area is 253 Å². The SMILES string of the molecule is C/C=C\C=C\C.C/C=C\c1c(C)ccc2c1c1cc(-c3ccc(C)cc3)ccc1n2-c1ccccc1.C=CC=C(C)C. The first-order valence-corrected chi connectivity index (χ1v) is 14.7. The molecule has 5 rings (SSSR count). The molecule has 0 aliphatic rings. The zero-order valence-electron chi connectivity index (χ0n) is 26.4. The van der Waals surface area contributed by atoms with Crippen LogP contribution in [-0.2, 0) is 0 Å². The number of hydrogen-bond acceptors (Lipinski definition) is 0. The topological polar surface area (TPSA) is 4.93 Å². The van der Waals surface area contributed by atoms with E-state index in [0.29, 0.717) is 0 Å². The van der Waals surface area contributed by atoms with Crippen LogP contribution in [-0.4, -0.2) is 4.57 Å². The van der Waals surface area contributed by atoms with Crippen molar-refractivity contribution in [2.24, 2.45) is 0 Å². The quantitative estimate of drug-likeness (QED) is 0.191. The van der Waals surface area contributed by atoms with Gasteiger partial charge >= 0.3 is 0 Å². The fraction of sp³-hybridized carbons (Fsp3) is 0.171. The molecule has 0 saturated heterocycles. The Morgan fingerprint density at radius 1 is 0.690 bits per heavy atom. The molecule has 0 aliphatic heterocycles. The van der Waals surface area contributed by atoms with Gasteiger partial charge in [0.2, 0.25) is 0 Å². The van der Waals surface area contributed by atoms with E-state index in [0.717, 1.165) is 0 Å². The molecule has 214 valence electrons. The van der Waals surface area contributed by atoms with Crippen molar-refractivity contribution in [1.29, 1.82) is 0 Å². The summed E-state index contributed by atoms with van der Waals surface area (Å²) in [6, 6.07) is 30.8. The molecule has 5 aromatic rings. The molecule has 1 aromatic heterocycles. The van der Waals surface area contributed by atoms with Crippen LogP contribution in [0.25, 0.3) is 44.7 Å². The fourth-order valence-corrected chi connectivity index (χ4v) is 4.86. The number of aryl methyl sites for hydroxylation is 2. The van der Waals surface area contributed by atoms with E-state index in [9.17, 15) is 0 Å². The van der Waals surface area contributed by atoms with Gasteiger partial charge in [0.15, 0.2) is 0 Å². The highest BCUT2D eigenvalue weighted by Gasteiger charge is 2.16. The lowest BCUT2D eigenvalue weighted by Gasteiger charge is -2.09. The van der Waals surface area contributed by atoms with Gasteiger partial charge in [0.25, 0.3) is 0 Å². The van der Waals surface area contributed by atoms with Gasteiger partial charge in [-0.1, -0.05) is 121 Å². The van der Waals surface area contributed by atoms with Gasteiger partial charge in [-0.15, -0.1) is 0 Å². The van der Waals surface area contributed by atoms with Crippen molar-refractivity contribution >= 4 is 27.9 Å². The lowest BCUT2D eigenvalue weighted by atomic mass is 9.98. The molecule has 0 radical (unpaired) electrons. The summed E-state index contributed by atoms with van der Waals surface area (Å²) in [6.45, 7) is 18.0. The minimum atomic E-state index is 1.19. The van der Waals surface area contributed by atoms with Crippen molar-refractivity contribution < 1.29 is 0 Å². The van der Waals surface area contributed by atoms with Gasteiger partial charge in [-0.2, -0.15) is 0 Å². The summed E-state index contributed by atoms with van der Waals surface area (Å²) in [5.41, 5.74) is 11.4. The van der Waals surface area contributed by atoms with Crippen molar-refractivity contribution in [3.8, 4) is 16.8 Å². The minimum Gasteiger partial charge on any atom is -0.309 e. The molecule has 1 heterocycles. The predicted octanol–water partition coefficient (Wildman–Crippen LogP) is 12.4. The maximum Gasteiger partial charge on any atom is 0.0547 e. The predicted molar refractivity (Wildman–Crippen MR) is 190 cm³/mol. The van der Waals surface area contributed by atoms with Crippen LogP contribution in [0.15, 0.2) is 140 Å². The molecule has 1 heteroatoms.